The summed E-state index contributed by atoms with van der Waals surface area (Å²) in [5.74, 6) is -3.23. The lowest BCUT2D eigenvalue weighted by Gasteiger charge is -2.45. The van der Waals surface area contributed by atoms with Gasteiger partial charge in [-0.15, -0.1) is 0 Å². The Morgan fingerprint density at radius 3 is 1.36 bits per heavy atom. The summed E-state index contributed by atoms with van der Waals surface area (Å²) in [5.41, 5.74) is 0.787. The molecule has 0 N–H and O–H groups in total. The Hall–Kier alpha value is -4.09. The minimum absolute atomic E-state index is 0.190. The van der Waals surface area contributed by atoms with Crippen molar-refractivity contribution in [2.75, 3.05) is 13.9 Å². The molecule has 3 aromatic rings. The highest BCUT2D eigenvalue weighted by molar-refractivity contribution is 5.91. The van der Waals surface area contributed by atoms with E-state index in [1.165, 1.54) is 7.11 Å². The van der Waals surface area contributed by atoms with Crippen molar-refractivity contribution in [2.45, 2.75) is 56.3 Å². The highest BCUT2D eigenvalue weighted by atomic mass is 16.8. The molecule has 5 rings (SSSR count). The maximum absolute atomic E-state index is 13.4. The molecule has 6 atom stereocenters. The van der Waals surface area contributed by atoms with E-state index in [-0.39, 0.29) is 23.5 Å². The van der Waals surface area contributed by atoms with Crippen LogP contribution in [0.3, 0.4) is 0 Å². The van der Waals surface area contributed by atoms with Crippen LogP contribution in [-0.4, -0.2) is 74.2 Å². The van der Waals surface area contributed by atoms with Gasteiger partial charge in [0.1, 0.15) is 25.1 Å². The van der Waals surface area contributed by atoms with Gasteiger partial charge in [-0.3, -0.25) is 0 Å². The summed E-state index contributed by atoms with van der Waals surface area (Å²) in [6.07, 6.45) is -6.73. The molecule has 3 aromatic carbocycles. The second kappa shape index (κ2) is 12.8. The van der Waals surface area contributed by atoms with E-state index in [1.54, 1.807) is 105 Å². The first kappa shape index (κ1) is 29.4. The number of carbonyl (C=O) groups is 3. The quantitative estimate of drug-likeness (QED) is 0.209. The monoisotopic (exact) mass is 576 g/mol. The molecule has 1 saturated carbocycles. The minimum atomic E-state index is -1.35. The Kier molecular flexibility index (Phi) is 8.98. The molecule has 1 aliphatic heterocycles. The summed E-state index contributed by atoms with van der Waals surface area (Å²) in [5, 5.41) is 0. The molecule has 42 heavy (non-hydrogen) atoms. The number of methoxy groups -OCH3 is 1. The molecule has 0 unspecified atom stereocenters. The third kappa shape index (κ3) is 6.52. The topological polar surface area (TPSA) is 116 Å². The third-order valence-electron chi connectivity index (χ3n) is 6.92. The van der Waals surface area contributed by atoms with E-state index in [0.717, 1.165) is 0 Å². The fourth-order valence-corrected chi connectivity index (χ4v) is 5.11. The van der Waals surface area contributed by atoms with Crippen LogP contribution in [0, 0.1) is 0 Å². The van der Waals surface area contributed by atoms with Crippen molar-refractivity contribution in [3.63, 3.8) is 0 Å². The Balaban J connectivity index is 1.57. The van der Waals surface area contributed by atoms with Gasteiger partial charge in [0.15, 0.2) is 24.1 Å². The lowest BCUT2D eigenvalue weighted by Crippen LogP contribution is -2.66. The van der Waals surface area contributed by atoms with E-state index in [9.17, 15) is 14.4 Å². The second-order valence-corrected chi connectivity index (χ2v) is 10.3. The molecule has 0 amide bonds. The van der Waals surface area contributed by atoms with E-state index in [2.05, 4.69) is 0 Å². The van der Waals surface area contributed by atoms with Crippen LogP contribution in [0.4, 0.5) is 0 Å². The predicted molar refractivity (Wildman–Crippen MR) is 148 cm³/mol. The van der Waals surface area contributed by atoms with Gasteiger partial charge in [0.25, 0.3) is 0 Å². The summed E-state index contributed by atoms with van der Waals surface area (Å²) in [6, 6.07) is 25.0. The molecule has 1 saturated heterocycles. The first-order valence-electron chi connectivity index (χ1n) is 13.5. The number of benzene rings is 3. The van der Waals surface area contributed by atoms with Crippen molar-refractivity contribution < 1.29 is 47.5 Å². The molecule has 1 heterocycles. The van der Waals surface area contributed by atoms with Crippen LogP contribution in [0.1, 0.15) is 44.9 Å². The summed E-state index contributed by atoms with van der Waals surface area (Å²) >= 11 is 0. The van der Waals surface area contributed by atoms with E-state index in [0.29, 0.717) is 0 Å². The van der Waals surface area contributed by atoms with Gasteiger partial charge in [0.05, 0.1) is 16.7 Å². The lowest BCUT2D eigenvalue weighted by atomic mass is 9.84. The molecule has 10 heteroatoms. The number of fused-ring (bicyclic) bond motifs is 1. The third-order valence-corrected chi connectivity index (χ3v) is 6.92. The molecule has 0 bridgehead atoms. The smallest absolute Gasteiger partial charge is 0.338 e. The molecule has 0 spiro atoms. The summed E-state index contributed by atoms with van der Waals surface area (Å²) < 4.78 is 41.6. The number of rotatable bonds is 9. The number of hydrogen-bond acceptors (Lipinski definition) is 10. The first-order valence-corrected chi connectivity index (χ1v) is 13.5. The number of carbonyl (C=O) groups excluding carboxylic acids is 3. The van der Waals surface area contributed by atoms with Crippen molar-refractivity contribution in [3.05, 3.63) is 108 Å². The van der Waals surface area contributed by atoms with Gasteiger partial charge < -0.3 is 33.2 Å². The molecular weight excluding hydrogens is 544 g/mol. The zero-order chi connectivity index (χ0) is 29.7. The van der Waals surface area contributed by atoms with Crippen LogP contribution >= 0.6 is 0 Å². The fraction of sp³-hybridized carbons (Fsp3) is 0.344. The van der Waals surface area contributed by atoms with Gasteiger partial charge in [0, 0.05) is 7.11 Å². The predicted octanol–water partition coefficient (Wildman–Crippen LogP) is 4.19. The molecule has 0 radical (unpaired) electrons. The number of hydrogen-bond donors (Lipinski definition) is 0. The zero-order valence-electron chi connectivity index (χ0n) is 23.4. The molecular formula is C32H32O10. The first-order chi connectivity index (χ1) is 20.3. The number of ether oxygens (including phenoxy) is 7. The average molecular weight is 577 g/mol. The zero-order valence-corrected chi connectivity index (χ0v) is 23.4. The van der Waals surface area contributed by atoms with Crippen LogP contribution in [0.25, 0.3) is 0 Å². The van der Waals surface area contributed by atoms with Crippen LogP contribution in [0.2, 0.25) is 0 Å². The Morgan fingerprint density at radius 1 is 0.595 bits per heavy atom. The Morgan fingerprint density at radius 2 is 0.952 bits per heavy atom. The highest BCUT2D eigenvalue weighted by Gasteiger charge is 2.63. The molecule has 2 fully saturated rings. The van der Waals surface area contributed by atoms with Gasteiger partial charge >= 0.3 is 17.9 Å². The van der Waals surface area contributed by atoms with Crippen LogP contribution < -0.4 is 0 Å². The fourth-order valence-electron chi connectivity index (χ4n) is 5.11. The van der Waals surface area contributed by atoms with E-state index >= 15 is 0 Å². The van der Waals surface area contributed by atoms with E-state index in [4.69, 9.17) is 33.2 Å². The summed E-state index contributed by atoms with van der Waals surface area (Å²) in [7, 11) is 1.44. The normalized spacial score (nSPS) is 26.1. The second-order valence-electron chi connectivity index (χ2n) is 10.3. The maximum atomic E-state index is 13.4. The van der Waals surface area contributed by atoms with Crippen molar-refractivity contribution >= 4 is 17.9 Å². The van der Waals surface area contributed by atoms with Crippen molar-refractivity contribution in [2.24, 2.45) is 0 Å². The molecule has 2 aliphatic rings. The Labute approximate surface area is 243 Å². The van der Waals surface area contributed by atoms with Crippen molar-refractivity contribution in [1.29, 1.82) is 0 Å². The Bertz CT molecular complexity index is 1360. The molecule has 1 aliphatic carbocycles. The molecule has 220 valence electrons. The van der Waals surface area contributed by atoms with Crippen LogP contribution in [0.15, 0.2) is 91.0 Å². The van der Waals surface area contributed by atoms with Crippen LogP contribution in [-0.2, 0) is 33.2 Å². The SMILES string of the molecule is COCO[C@H]1[C@@H](OC(=O)c2ccccc2)[C@@H](OC(=O)c2ccccc2)[C@@H](OC(=O)c2ccccc2)[C@@H]2OC(C)(C)O[C@H]12. The van der Waals surface area contributed by atoms with E-state index < -0.39 is 60.3 Å². The van der Waals surface area contributed by atoms with Gasteiger partial charge in [-0.05, 0) is 50.2 Å². The minimum Gasteiger partial charge on any atom is -0.452 e. The van der Waals surface area contributed by atoms with Crippen LogP contribution in [0.5, 0.6) is 0 Å². The summed E-state index contributed by atoms with van der Waals surface area (Å²) in [4.78, 5) is 40.1. The van der Waals surface area contributed by atoms with Gasteiger partial charge in [0.2, 0.25) is 0 Å². The van der Waals surface area contributed by atoms with Gasteiger partial charge in [-0.2, -0.15) is 0 Å². The van der Waals surface area contributed by atoms with Crippen molar-refractivity contribution in [3.8, 4) is 0 Å². The maximum Gasteiger partial charge on any atom is 0.338 e. The lowest BCUT2D eigenvalue weighted by molar-refractivity contribution is -0.226. The average Bonchev–Trinajstić information content (AvgIpc) is 3.34. The van der Waals surface area contributed by atoms with E-state index in [1.807, 2.05) is 0 Å². The summed E-state index contributed by atoms with van der Waals surface area (Å²) in [6.45, 7) is 3.21. The largest absolute Gasteiger partial charge is 0.452 e. The standard InChI is InChI=1S/C32H32O10/c1-32(2)41-27-23(37-19-36-3)24(38-29(33)20-13-7-4-8-14-20)25(39-30(34)21-15-9-5-10-16-21)26(28(27)42-32)40-31(35)22-17-11-6-12-18-22/h4-18,23-28H,19H2,1-3H3/t23-,24+,25+,26+,27+,28-/m0/s1. The highest BCUT2D eigenvalue weighted by Crippen LogP contribution is 2.42. The molecule has 0 aromatic heterocycles. The number of esters is 3. The van der Waals surface area contributed by atoms with Gasteiger partial charge in [-0.1, -0.05) is 54.6 Å². The van der Waals surface area contributed by atoms with Crippen molar-refractivity contribution in [1.82, 2.24) is 0 Å². The van der Waals surface area contributed by atoms with Gasteiger partial charge in [-0.25, -0.2) is 14.4 Å². The molecule has 10 nitrogen and oxygen atoms in total.